The number of nitrogens with zero attached hydrogens (tertiary/aromatic N) is 1. The van der Waals surface area contributed by atoms with Gasteiger partial charge in [-0.25, -0.2) is 9.78 Å². The molecule has 0 aromatic carbocycles. The molecule has 92 valence electrons. The smallest absolute Gasteiger partial charge is 0.341 e. The van der Waals surface area contributed by atoms with Crippen LogP contribution >= 0.6 is 0 Å². The zero-order valence-corrected chi connectivity index (χ0v) is 10.1. The molecule has 1 saturated carbocycles. The molecule has 5 nitrogen and oxygen atoms in total. The Kier molecular flexibility index (Phi) is 3.17. The topological polar surface area (TPSA) is 77.2 Å². The molecule has 2 atom stereocenters. The molecule has 1 aliphatic rings. The Morgan fingerprint density at radius 2 is 2.41 bits per heavy atom. The maximum Gasteiger partial charge on any atom is 0.341 e. The zero-order chi connectivity index (χ0) is 12.4. The van der Waals surface area contributed by atoms with Crippen LogP contribution in [0.4, 0.5) is 11.5 Å². The number of carbonyl (C=O) groups is 1. The van der Waals surface area contributed by atoms with Crippen LogP contribution in [-0.2, 0) is 4.74 Å². The van der Waals surface area contributed by atoms with Crippen LogP contribution in [0.25, 0.3) is 0 Å². The number of nitrogens with two attached hydrogens (primary N) is 1. The number of rotatable bonds is 4. The van der Waals surface area contributed by atoms with Gasteiger partial charge in [-0.1, -0.05) is 6.92 Å². The van der Waals surface area contributed by atoms with Gasteiger partial charge in [0, 0.05) is 6.04 Å². The minimum atomic E-state index is -0.386. The summed E-state index contributed by atoms with van der Waals surface area (Å²) in [5, 5.41) is 3.23. The minimum Gasteiger partial charge on any atom is -0.462 e. The lowest BCUT2D eigenvalue weighted by molar-refractivity contribution is 0.0527. The Morgan fingerprint density at radius 3 is 3.00 bits per heavy atom. The van der Waals surface area contributed by atoms with Crippen LogP contribution in [0.5, 0.6) is 0 Å². The molecule has 1 aromatic rings. The minimum absolute atomic E-state index is 0.340. The van der Waals surface area contributed by atoms with Crippen LogP contribution in [0, 0.1) is 5.92 Å². The van der Waals surface area contributed by atoms with Gasteiger partial charge in [0.2, 0.25) is 0 Å². The molecule has 5 heteroatoms. The fourth-order valence-electron chi connectivity index (χ4n) is 1.66. The number of nitrogen functional groups attached to an aromatic ring is 1. The largest absolute Gasteiger partial charge is 0.462 e. The van der Waals surface area contributed by atoms with Crippen molar-refractivity contribution in [1.29, 1.82) is 0 Å². The predicted molar refractivity (Wildman–Crippen MR) is 65.8 cm³/mol. The third kappa shape index (κ3) is 2.67. The average molecular weight is 235 g/mol. The van der Waals surface area contributed by atoms with Gasteiger partial charge >= 0.3 is 5.97 Å². The highest BCUT2D eigenvalue weighted by Crippen LogP contribution is 2.33. The van der Waals surface area contributed by atoms with E-state index in [1.807, 2.05) is 0 Å². The summed E-state index contributed by atoms with van der Waals surface area (Å²) in [6.07, 6.45) is 2.65. The second-order valence-corrected chi connectivity index (χ2v) is 4.35. The highest BCUT2D eigenvalue weighted by Gasteiger charge is 2.33. The molecule has 0 amide bonds. The first-order valence-corrected chi connectivity index (χ1v) is 5.81. The van der Waals surface area contributed by atoms with Crippen molar-refractivity contribution in [2.75, 3.05) is 17.7 Å². The van der Waals surface area contributed by atoms with E-state index in [1.54, 1.807) is 13.0 Å². The van der Waals surface area contributed by atoms with E-state index in [1.165, 1.54) is 6.20 Å². The van der Waals surface area contributed by atoms with Crippen molar-refractivity contribution < 1.29 is 9.53 Å². The van der Waals surface area contributed by atoms with Crippen LogP contribution in [0.15, 0.2) is 12.3 Å². The molecular weight excluding hydrogens is 218 g/mol. The van der Waals surface area contributed by atoms with E-state index < -0.39 is 0 Å². The third-order valence-electron chi connectivity index (χ3n) is 2.84. The van der Waals surface area contributed by atoms with Crippen molar-refractivity contribution in [3.05, 3.63) is 17.8 Å². The molecule has 0 aliphatic heterocycles. The second-order valence-electron chi connectivity index (χ2n) is 4.35. The molecule has 2 rings (SSSR count). The predicted octanol–water partition coefficient (Wildman–Crippen LogP) is 1.66. The standard InChI is InChI=1S/C12H17N3O2/c1-3-17-12(16)9-5-8(13)6-14-11(9)15-10-4-7(10)2/h5-7,10H,3-4,13H2,1-2H3,(H,14,15). The molecule has 1 heterocycles. The molecule has 3 N–H and O–H groups in total. The second kappa shape index (κ2) is 4.61. The summed E-state index contributed by atoms with van der Waals surface area (Å²) in [4.78, 5) is 15.9. The zero-order valence-electron chi connectivity index (χ0n) is 10.1. The van der Waals surface area contributed by atoms with E-state index in [0.29, 0.717) is 35.6 Å². The van der Waals surface area contributed by atoms with Gasteiger partial charge in [0.15, 0.2) is 0 Å². The van der Waals surface area contributed by atoms with Gasteiger partial charge in [-0.15, -0.1) is 0 Å². The summed E-state index contributed by atoms with van der Waals surface area (Å²) in [5.74, 6) is 0.805. The molecule has 17 heavy (non-hydrogen) atoms. The molecule has 1 aromatic heterocycles. The van der Waals surface area contributed by atoms with Gasteiger partial charge in [0.05, 0.1) is 18.5 Å². The number of carbonyl (C=O) groups excluding carboxylic acids is 1. The Morgan fingerprint density at radius 1 is 1.71 bits per heavy atom. The first-order valence-electron chi connectivity index (χ1n) is 5.81. The lowest BCUT2D eigenvalue weighted by Gasteiger charge is -2.10. The van der Waals surface area contributed by atoms with Crippen molar-refractivity contribution in [3.8, 4) is 0 Å². The summed E-state index contributed by atoms with van der Waals surface area (Å²) in [7, 11) is 0. The lowest BCUT2D eigenvalue weighted by Crippen LogP contribution is -2.13. The maximum atomic E-state index is 11.7. The van der Waals surface area contributed by atoms with E-state index in [9.17, 15) is 4.79 Å². The number of esters is 1. The number of hydrogen-bond acceptors (Lipinski definition) is 5. The number of anilines is 2. The lowest BCUT2D eigenvalue weighted by atomic mass is 10.2. The summed E-state index contributed by atoms with van der Waals surface area (Å²) in [5.41, 5.74) is 6.51. The molecule has 0 radical (unpaired) electrons. The van der Waals surface area contributed by atoms with Crippen LogP contribution in [0.1, 0.15) is 30.6 Å². The number of nitrogens with one attached hydrogen (secondary N) is 1. The molecule has 0 saturated heterocycles. The number of aromatic nitrogens is 1. The Labute approximate surface area is 100 Å². The van der Waals surface area contributed by atoms with E-state index in [4.69, 9.17) is 10.5 Å². The SMILES string of the molecule is CCOC(=O)c1cc(N)cnc1NC1CC1C. The summed E-state index contributed by atoms with van der Waals surface area (Å²) in [6.45, 7) is 4.26. The Bertz CT molecular complexity index is 434. The normalized spacial score (nSPS) is 22.0. The van der Waals surface area contributed by atoms with Crippen molar-refractivity contribution in [2.24, 2.45) is 5.92 Å². The molecule has 0 spiro atoms. The fourth-order valence-corrected chi connectivity index (χ4v) is 1.66. The Hall–Kier alpha value is -1.78. The number of hydrogen-bond donors (Lipinski definition) is 2. The number of pyridine rings is 1. The van der Waals surface area contributed by atoms with Gasteiger partial charge in [-0.3, -0.25) is 0 Å². The quantitative estimate of drug-likeness (QED) is 0.776. The van der Waals surface area contributed by atoms with Gasteiger partial charge < -0.3 is 15.8 Å². The van der Waals surface area contributed by atoms with Crippen molar-refractivity contribution in [3.63, 3.8) is 0 Å². The van der Waals surface area contributed by atoms with Crippen molar-refractivity contribution in [1.82, 2.24) is 4.98 Å². The van der Waals surface area contributed by atoms with Gasteiger partial charge in [0.1, 0.15) is 11.4 Å². The van der Waals surface area contributed by atoms with E-state index in [2.05, 4.69) is 17.2 Å². The van der Waals surface area contributed by atoms with Crippen LogP contribution < -0.4 is 11.1 Å². The Balaban J connectivity index is 2.20. The summed E-state index contributed by atoms with van der Waals surface area (Å²) >= 11 is 0. The summed E-state index contributed by atoms with van der Waals surface area (Å²) in [6, 6.07) is 2.00. The van der Waals surface area contributed by atoms with Crippen LogP contribution in [0.3, 0.4) is 0 Å². The molecule has 2 unspecified atom stereocenters. The van der Waals surface area contributed by atoms with Gasteiger partial charge in [-0.2, -0.15) is 0 Å². The highest BCUT2D eigenvalue weighted by atomic mass is 16.5. The monoisotopic (exact) mass is 235 g/mol. The van der Waals surface area contributed by atoms with Crippen molar-refractivity contribution in [2.45, 2.75) is 26.3 Å². The molecule has 1 aliphatic carbocycles. The third-order valence-corrected chi connectivity index (χ3v) is 2.84. The average Bonchev–Trinajstić information content (AvgIpc) is 2.97. The van der Waals surface area contributed by atoms with E-state index in [0.717, 1.165) is 6.42 Å². The summed E-state index contributed by atoms with van der Waals surface area (Å²) < 4.78 is 4.98. The molecule has 0 bridgehead atoms. The first-order chi connectivity index (χ1) is 8.11. The van der Waals surface area contributed by atoms with Gasteiger partial charge in [-0.05, 0) is 25.3 Å². The van der Waals surface area contributed by atoms with E-state index in [-0.39, 0.29) is 5.97 Å². The van der Waals surface area contributed by atoms with E-state index >= 15 is 0 Å². The van der Waals surface area contributed by atoms with Crippen LogP contribution in [0.2, 0.25) is 0 Å². The van der Waals surface area contributed by atoms with Crippen molar-refractivity contribution >= 4 is 17.5 Å². The number of ether oxygens (including phenoxy) is 1. The van der Waals surface area contributed by atoms with Crippen LogP contribution in [-0.4, -0.2) is 23.6 Å². The molecular formula is C12H17N3O2. The first kappa shape index (κ1) is 11.7. The highest BCUT2D eigenvalue weighted by molar-refractivity contribution is 5.95. The fraction of sp³-hybridized carbons (Fsp3) is 0.500. The van der Waals surface area contributed by atoms with Gasteiger partial charge in [0.25, 0.3) is 0 Å². The molecule has 1 fully saturated rings. The maximum absolute atomic E-state index is 11.7.